The second-order valence-corrected chi connectivity index (χ2v) is 5.65. The molecule has 0 bridgehead atoms. The minimum absolute atomic E-state index is 0.323. The molecule has 0 aliphatic heterocycles. The van der Waals surface area contributed by atoms with Crippen molar-refractivity contribution in [2.45, 2.75) is 63.5 Å². The van der Waals surface area contributed by atoms with E-state index in [-0.39, 0.29) is 0 Å². The Morgan fingerprint density at radius 2 is 1.93 bits per heavy atom. The zero-order chi connectivity index (χ0) is 10.9. The maximum atomic E-state index is 6.10. The third-order valence-electron chi connectivity index (χ3n) is 5.09. The summed E-state index contributed by atoms with van der Waals surface area (Å²) in [5.41, 5.74) is 6.43. The molecule has 0 aromatic rings. The maximum Gasteiger partial charge on any atom is 0.0357 e. The Kier molecular flexibility index (Phi) is 3.36. The Balaban J connectivity index is 2.10. The van der Waals surface area contributed by atoms with E-state index in [1.54, 1.807) is 0 Å². The van der Waals surface area contributed by atoms with Crippen molar-refractivity contribution < 1.29 is 0 Å². The maximum absolute atomic E-state index is 6.10. The highest BCUT2D eigenvalue weighted by atomic mass is 15.2. The zero-order valence-corrected chi connectivity index (χ0v) is 10.3. The Morgan fingerprint density at radius 1 is 1.20 bits per heavy atom. The third kappa shape index (κ3) is 1.83. The van der Waals surface area contributed by atoms with Gasteiger partial charge in [0.1, 0.15) is 0 Å². The molecule has 0 amide bonds. The number of rotatable bonds is 3. The first-order valence-electron chi connectivity index (χ1n) is 6.64. The Labute approximate surface area is 94.2 Å². The lowest BCUT2D eigenvalue weighted by Gasteiger charge is -2.53. The molecule has 2 rings (SSSR count). The van der Waals surface area contributed by atoms with Crippen molar-refractivity contribution in [3.8, 4) is 0 Å². The van der Waals surface area contributed by atoms with Crippen LogP contribution in [0.3, 0.4) is 0 Å². The van der Waals surface area contributed by atoms with E-state index in [2.05, 4.69) is 18.9 Å². The average molecular weight is 210 g/mol. The molecule has 2 aliphatic carbocycles. The summed E-state index contributed by atoms with van der Waals surface area (Å²) in [6.07, 6.45) is 9.67. The molecule has 88 valence electrons. The van der Waals surface area contributed by atoms with Gasteiger partial charge in [-0.25, -0.2) is 0 Å². The Hall–Kier alpha value is -0.0800. The van der Waals surface area contributed by atoms with Gasteiger partial charge in [0.05, 0.1) is 0 Å². The van der Waals surface area contributed by atoms with Gasteiger partial charge in [-0.05, 0) is 38.6 Å². The van der Waals surface area contributed by atoms with E-state index < -0.39 is 0 Å². The first-order valence-corrected chi connectivity index (χ1v) is 6.64. The van der Waals surface area contributed by atoms with Crippen LogP contribution in [-0.2, 0) is 0 Å². The molecular formula is C13H26N2. The van der Waals surface area contributed by atoms with Crippen LogP contribution in [0.4, 0.5) is 0 Å². The van der Waals surface area contributed by atoms with Gasteiger partial charge in [-0.2, -0.15) is 0 Å². The van der Waals surface area contributed by atoms with Gasteiger partial charge in [0.15, 0.2) is 0 Å². The van der Waals surface area contributed by atoms with Crippen LogP contribution in [0, 0.1) is 5.92 Å². The summed E-state index contributed by atoms with van der Waals surface area (Å²) >= 11 is 0. The molecule has 0 spiro atoms. The van der Waals surface area contributed by atoms with Gasteiger partial charge >= 0.3 is 0 Å². The molecule has 0 aromatic carbocycles. The Bertz CT molecular complexity index is 213. The van der Waals surface area contributed by atoms with Crippen LogP contribution in [0.25, 0.3) is 0 Å². The van der Waals surface area contributed by atoms with Gasteiger partial charge in [0.25, 0.3) is 0 Å². The van der Waals surface area contributed by atoms with Crippen molar-refractivity contribution in [3.05, 3.63) is 0 Å². The van der Waals surface area contributed by atoms with Crippen LogP contribution in [0.5, 0.6) is 0 Å². The summed E-state index contributed by atoms with van der Waals surface area (Å²) in [6.45, 7) is 3.25. The summed E-state index contributed by atoms with van der Waals surface area (Å²) < 4.78 is 0. The van der Waals surface area contributed by atoms with Crippen LogP contribution < -0.4 is 5.73 Å². The van der Waals surface area contributed by atoms with Gasteiger partial charge < -0.3 is 5.73 Å². The molecule has 2 saturated carbocycles. The molecule has 2 nitrogen and oxygen atoms in total. The molecule has 0 aromatic heterocycles. The molecule has 2 N–H and O–H groups in total. The van der Waals surface area contributed by atoms with E-state index in [0.717, 1.165) is 18.5 Å². The van der Waals surface area contributed by atoms with E-state index >= 15 is 0 Å². The largest absolute Gasteiger partial charge is 0.329 e. The van der Waals surface area contributed by atoms with Crippen LogP contribution in [0.1, 0.15) is 51.9 Å². The van der Waals surface area contributed by atoms with Crippen molar-refractivity contribution >= 4 is 0 Å². The van der Waals surface area contributed by atoms with Gasteiger partial charge in [0, 0.05) is 18.1 Å². The average Bonchev–Trinajstić information content (AvgIpc) is 2.16. The lowest BCUT2D eigenvalue weighted by Crippen LogP contribution is -2.62. The van der Waals surface area contributed by atoms with Crippen molar-refractivity contribution in [2.75, 3.05) is 13.6 Å². The molecule has 0 saturated heterocycles. The van der Waals surface area contributed by atoms with Gasteiger partial charge in [-0.3, -0.25) is 4.90 Å². The molecule has 2 fully saturated rings. The molecule has 2 aliphatic rings. The summed E-state index contributed by atoms with van der Waals surface area (Å²) in [5.74, 6) is 0.779. The number of hydrogen-bond donors (Lipinski definition) is 1. The highest BCUT2D eigenvalue weighted by Gasteiger charge is 2.43. The Morgan fingerprint density at radius 3 is 2.40 bits per heavy atom. The number of nitrogens with zero attached hydrogens (tertiary/aromatic N) is 1. The van der Waals surface area contributed by atoms with E-state index in [1.165, 1.54) is 44.9 Å². The topological polar surface area (TPSA) is 29.3 Å². The summed E-state index contributed by atoms with van der Waals surface area (Å²) in [5, 5.41) is 0. The minimum atomic E-state index is 0.323. The predicted octanol–water partition coefficient (Wildman–Crippen LogP) is 2.38. The highest BCUT2D eigenvalue weighted by Crippen LogP contribution is 2.41. The summed E-state index contributed by atoms with van der Waals surface area (Å²) in [4.78, 5) is 2.64. The molecule has 0 heterocycles. The first kappa shape index (κ1) is 11.4. The van der Waals surface area contributed by atoms with Crippen molar-refractivity contribution in [1.82, 2.24) is 4.90 Å². The normalized spacial score (nSPS) is 38.0. The smallest absolute Gasteiger partial charge is 0.0357 e. The van der Waals surface area contributed by atoms with Crippen LogP contribution >= 0.6 is 0 Å². The van der Waals surface area contributed by atoms with Gasteiger partial charge in [-0.1, -0.05) is 26.2 Å². The quantitative estimate of drug-likeness (QED) is 0.775. The fourth-order valence-corrected chi connectivity index (χ4v) is 3.51. The molecule has 0 radical (unpaired) electrons. The fraction of sp³-hybridized carbons (Fsp3) is 1.00. The predicted molar refractivity (Wildman–Crippen MR) is 64.8 cm³/mol. The molecule has 2 unspecified atom stereocenters. The summed E-state index contributed by atoms with van der Waals surface area (Å²) in [7, 11) is 2.32. The minimum Gasteiger partial charge on any atom is -0.329 e. The zero-order valence-electron chi connectivity index (χ0n) is 10.3. The van der Waals surface area contributed by atoms with Crippen molar-refractivity contribution in [1.29, 1.82) is 0 Å². The second-order valence-electron chi connectivity index (χ2n) is 5.65. The molecule has 15 heavy (non-hydrogen) atoms. The highest BCUT2D eigenvalue weighted by molar-refractivity contribution is 5.00. The lowest BCUT2D eigenvalue weighted by molar-refractivity contribution is -0.0213. The van der Waals surface area contributed by atoms with Crippen LogP contribution in [-0.4, -0.2) is 30.1 Å². The van der Waals surface area contributed by atoms with Gasteiger partial charge in [0.2, 0.25) is 0 Å². The van der Waals surface area contributed by atoms with E-state index in [9.17, 15) is 0 Å². The SMILES string of the molecule is CC1CCCCC1(CN)N(C)C1CCC1. The summed E-state index contributed by atoms with van der Waals surface area (Å²) in [6, 6.07) is 0.828. The van der Waals surface area contributed by atoms with Crippen molar-refractivity contribution in [2.24, 2.45) is 11.7 Å². The number of hydrogen-bond acceptors (Lipinski definition) is 2. The fourth-order valence-electron chi connectivity index (χ4n) is 3.51. The first-order chi connectivity index (χ1) is 7.20. The number of nitrogens with two attached hydrogens (primary N) is 1. The van der Waals surface area contributed by atoms with Crippen LogP contribution in [0.2, 0.25) is 0 Å². The van der Waals surface area contributed by atoms with Crippen LogP contribution in [0.15, 0.2) is 0 Å². The lowest BCUT2D eigenvalue weighted by atomic mass is 9.71. The molecule has 2 heteroatoms. The van der Waals surface area contributed by atoms with E-state index in [0.29, 0.717) is 5.54 Å². The second kappa shape index (κ2) is 4.42. The van der Waals surface area contributed by atoms with Crippen molar-refractivity contribution in [3.63, 3.8) is 0 Å². The molecular weight excluding hydrogens is 184 g/mol. The molecule has 2 atom stereocenters. The monoisotopic (exact) mass is 210 g/mol. The number of likely N-dealkylation sites (N-methyl/N-ethyl adjacent to an activating group) is 1. The third-order valence-corrected chi connectivity index (χ3v) is 5.09. The van der Waals surface area contributed by atoms with Gasteiger partial charge in [-0.15, -0.1) is 0 Å². The van der Waals surface area contributed by atoms with E-state index in [1.807, 2.05) is 0 Å². The van der Waals surface area contributed by atoms with E-state index in [4.69, 9.17) is 5.73 Å². The standard InChI is InChI=1S/C13H26N2/c1-11-6-3-4-9-13(11,10-14)15(2)12-7-5-8-12/h11-12H,3-10,14H2,1-2H3.